The third-order valence-electron chi connectivity index (χ3n) is 3.06. The Morgan fingerprint density at radius 2 is 1.81 bits per heavy atom. The van der Waals surface area contributed by atoms with Gasteiger partial charge in [0.25, 0.3) is 0 Å². The van der Waals surface area contributed by atoms with Gasteiger partial charge in [-0.15, -0.1) is 0 Å². The predicted molar refractivity (Wildman–Crippen MR) is 82.3 cm³/mol. The first-order valence-electron chi connectivity index (χ1n) is 6.59. The zero-order valence-corrected chi connectivity index (χ0v) is 11.8. The van der Waals surface area contributed by atoms with Gasteiger partial charge in [-0.25, -0.2) is 4.79 Å². The molecule has 0 aliphatic heterocycles. The first-order valence-corrected chi connectivity index (χ1v) is 6.59. The molecule has 0 heterocycles. The van der Waals surface area contributed by atoms with E-state index in [0.717, 1.165) is 11.1 Å². The van der Waals surface area contributed by atoms with Gasteiger partial charge in [-0.2, -0.15) is 0 Å². The molecule has 0 aliphatic carbocycles. The van der Waals surface area contributed by atoms with Crippen LogP contribution in [0.25, 0.3) is 6.08 Å². The van der Waals surface area contributed by atoms with Crippen LogP contribution in [0.5, 0.6) is 0 Å². The summed E-state index contributed by atoms with van der Waals surface area (Å²) in [6, 6.07) is 14.0. The van der Waals surface area contributed by atoms with Crippen LogP contribution in [-0.4, -0.2) is 18.4 Å². The van der Waals surface area contributed by atoms with Gasteiger partial charge >= 0.3 is 5.97 Å². The molecule has 0 amide bonds. The predicted octanol–water partition coefficient (Wildman–Crippen LogP) is 3.68. The van der Waals surface area contributed by atoms with Crippen LogP contribution in [0, 0.1) is 6.92 Å². The third kappa shape index (κ3) is 3.89. The zero-order valence-electron chi connectivity index (χ0n) is 11.8. The topological polar surface area (TPSA) is 43.4 Å². The second kappa shape index (κ2) is 6.66. The van der Waals surface area contributed by atoms with Crippen molar-refractivity contribution < 1.29 is 14.3 Å². The van der Waals surface area contributed by atoms with Crippen molar-refractivity contribution in [2.45, 2.75) is 6.92 Å². The first kappa shape index (κ1) is 14.7. The molecule has 0 N–H and O–H groups in total. The summed E-state index contributed by atoms with van der Waals surface area (Å²) in [6.07, 6.45) is 1.69. The average molecular weight is 280 g/mol. The van der Waals surface area contributed by atoms with Crippen LogP contribution in [0.1, 0.15) is 31.8 Å². The maximum absolute atomic E-state index is 11.9. The van der Waals surface area contributed by atoms with Crippen LogP contribution in [0.15, 0.2) is 55.1 Å². The summed E-state index contributed by atoms with van der Waals surface area (Å²) in [5, 5.41) is 0. The second-order valence-electron chi connectivity index (χ2n) is 4.69. The van der Waals surface area contributed by atoms with E-state index in [9.17, 15) is 9.59 Å². The molecule has 106 valence electrons. The number of ether oxygens (including phenoxy) is 1. The van der Waals surface area contributed by atoms with E-state index < -0.39 is 5.97 Å². The minimum Gasteiger partial charge on any atom is -0.454 e. The lowest BCUT2D eigenvalue weighted by Crippen LogP contribution is -2.14. The molecule has 0 unspecified atom stereocenters. The maximum atomic E-state index is 11.9. The van der Waals surface area contributed by atoms with Crippen molar-refractivity contribution in [1.29, 1.82) is 0 Å². The summed E-state index contributed by atoms with van der Waals surface area (Å²) < 4.78 is 5.04. The first-order chi connectivity index (χ1) is 10.1. The molecular weight excluding hydrogens is 264 g/mol. The SMILES string of the molecule is C=Cc1ccc(C(=O)OCC(=O)c2cccc(C)c2)cc1. The van der Waals surface area contributed by atoms with E-state index in [0.29, 0.717) is 11.1 Å². The van der Waals surface area contributed by atoms with E-state index in [-0.39, 0.29) is 12.4 Å². The van der Waals surface area contributed by atoms with Crippen molar-refractivity contribution >= 4 is 17.8 Å². The molecule has 2 aromatic rings. The van der Waals surface area contributed by atoms with E-state index in [2.05, 4.69) is 6.58 Å². The highest BCUT2D eigenvalue weighted by molar-refractivity contribution is 5.99. The van der Waals surface area contributed by atoms with E-state index >= 15 is 0 Å². The van der Waals surface area contributed by atoms with Crippen molar-refractivity contribution in [3.05, 3.63) is 77.4 Å². The Bertz CT molecular complexity index is 669. The van der Waals surface area contributed by atoms with Gasteiger partial charge in [0.05, 0.1) is 5.56 Å². The number of esters is 1. The molecule has 0 saturated heterocycles. The number of carbonyl (C=O) groups is 2. The van der Waals surface area contributed by atoms with Crippen LogP contribution in [0.3, 0.4) is 0 Å². The van der Waals surface area contributed by atoms with Crippen LogP contribution in [0.4, 0.5) is 0 Å². The van der Waals surface area contributed by atoms with Crippen LogP contribution < -0.4 is 0 Å². The largest absolute Gasteiger partial charge is 0.454 e. The number of hydrogen-bond acceptors (Lipinski definition) is 3. The zero-order chi connectivity index (χ0) is 15.2. The van der Waals surface area contributed by atoms with Crippen LogP contribution in [-0.2, 0) is 4.74 Å². The summed E-state index contributed by atoms with van der Waals surface area (Å²) in [6.45, 7) is 5.29. The average Bonchev–Trinajstić information content (AvgIpc) is 2.52. The molecule has 3 heteroatoms. The van der Waals surface area contributed by atoms with E-state index in [1.165, 1.54) is 0 Å². The Balaban J connectivity index is 1.97. The summed E-state index contributed by atoms with van der Waals surface area (Å²) in [7, 11) is 0. The number of ketones is 1. The highest BCUT2D eigenvalue weighted by Gasteiger charge is 2.11. The maximum Gasteiger partial charge on any atom is 0.338 e. The molecule has 3 nitrogen and oxygen atoms in total. The smallest absolute Gasteiger partial charge is 0.338 e. The van der Waals surface area contributed by atoms with Gasteiger partial charge in [-0.1, -0.05) is 48.6 Å². The highest BCUT2D eigenvalue weighted by Crippen LogP contribution is 2.09. The number of rotatable bonds is 5. The number of Topliss-reactive ketones (excluding diaryl/α,β-unsaturated/α-hetero) is 1. The Morgan fingerprint density at radius 3 is 2.43 bits per heavy atom. The Labute approximate surface area is 123 Å². The number of aryl methyl sites for hydroxylation is 1. The molecule has 2 rings (SSSR count). The third-order valence-corrected chi connectivity index (χ3v) is 3.06. The lowest BCUT2D eigenvalue weighted by atomic mass is 10.1. The molecule has 0 atom stereocenters. The lowest BCUT2D eigenvalue weighted by molar-refractivity contribution is 0.0475. The normalized spacial score (nSPS) is 9.95. The van der Waals surface area contributed by atoms with Crippen molar-refractivity contribution in [1.82, 2.24) is 0 Å². The fourth-order valence-electron chi connectivity index (χ4n) is 1.87. The molecule has 0 radical (unpaired) electrons. The molecule has 0 bridgehead atoms. The number of carbonyl (C=O) groups excluding carboxylic acids is 2. The minimum absolute atomic E-state index is 0.213. The van der Waals surface area contributed by atoms with Crippen molar-refractivity contribution in [3.8, 4) is 0 Å². The molecular formula is C18H16O3. The van der Waals surface area contributed by atoms with Crippen molar-refractivity contribution in [3.63, 3.8) is 0 Å². The quantitative estimate of drug-likeness (QED) is 0.620. The summed E-state index contributed by atoms with van der Waals surface area (Å²) >= 11 is 0. The molecule has 0 aliphatic rings. The fraction of sp³-hybridized carbons (Fsp3) is 0.111. The van der Waals surface area contributed by atoms with E-state index in [1.807, 2.05) is 13.0 Å². The van der Waals surface area contributed by atoms with Gasteiger partial charge in [0.15, 0.2) is 12.4 Å². The second-order valence-corrected chi connectivity index (χ2v) is 4.69. The summed E-state index contributed by atoms with van der Waals surface area (Å²) in [5.41, 5.74) is 2.87. The molecule has 21 heavy (non-hydrogen) atoms. The fourth-order valence-corrected chi connectivity index (χ4v) is 1.87. The lowest BCUT2D eigenvalue weighted by Gasteiger charge is -2.05. The van der Waals surface area contributed by atoms with E-state index in [4.69, 9.17) is 4.74 Å². The summed E-state index contributed by atoms with van der Waals surface area (Å²) in [4.78, 5) is 23.8. The molecule has 0 spiro atoms. The monoisotopic (exact) mass is 280 g/mol. The minimum atomic E-state index is -0.508. The van der Waals surface area contributed by atoms with Crippen molar-refractivity contribution in [2.75, 3.05) is 6.61 Å². The number of hydrogen-bond donors (Lipinski definition) is 0. The molecule has 2 aromatic carbocycles. The van der Waals surface area contributed by atoms with Gasteiger partial charge in [-0.3, -0.25) is 4.79 Å². The highest BCUT2D eigenvalue weighted by atomic mass is 16.5. The molecule has 0 fully saturated rings. The van der Waals surface area contributed by atoms with Gasteiger partial charge in [0.1, 0.15) is 0 Å². The standard InChI is InChI=1S/C18H16O3/c1-3-14-7-9-15(10-8-14)18(20)21-12-17(19)16-6-4-5-13(2)11-16/h3-11H,1,12H2,2H3. The van der Waals surface area contributed by atoms with Gasteiger partial charge < -0.3 is 4.74 Å². The molecule has 0 saturated carbocycles. The van der Waals surface area contributed by atoms with Gasteiger partial charge in [-0.05, 0) is 30.7 Å². The Kier molecular flexibility index (Phi) is 4.67. The number of benzene rings is 2. The van der Waals surface area contributed by atoms with E-state index in [1.54, 1.807) is 48.5 Å². The van der Waals surface area contributed by atoms with Crippen LogP contribution >= 0.6 is 0 Å². The van der Waals surface area contributed by atoms with Crippen LogP contribution in [0.2, 0.25) is 0 Å². The van der Waals surface area contributed by atoms with Gasteiger partial charge in [0, 0.05) is 5.56 Å². The Morgan fingerprint density at radius 1 is 1.10 bits per heavy atom. The molecule has 0 aromatic heterocycles. The van der Waals surface area contributed by atoms with Gasteiger partial charge in [0.2, 0.25) is 0 Å². The van der Waals surface area contributed by atoms with Crippen molar-refractivity contribution in [2.24, 2.45) is 0 Å². The summed E-state index contributed by atoms with van der Waals surface area (Å²) in [5.74, 6) is -0.721. The Hall–Kier alpha value is -2.68.